The van der Waals surface area contributed by atoms with Crippen LogP contribution in [0.3, 0.4) is 0 Å². The molecule has 130 valence electrons. The normalized spacial score (nSPS) is 27.2. The molecule has 0 bridgehead atoms. The summed E-state index contributed by atoms with van der Waals surface area (Å²) in [4.78, 5) is 28.6. The van der Waals surface area contributed by atoms with Gasteiger partial charge in [0.1, 0.15) is 5.54 Å². The summed E-state index contributed by atoms with van der Waals surface area (Å²) in [5.41, 5.74) is 1.79. The van der Waals surface area contributed by atoms with E-state index in [-0.39, 0.29) is 11.9 Å². The Hall–Kier alpha value is -1.88. The Kier molecular flexibility index (Phi) is 4.63. The molecule has 1 saturated heterocycles. The van der Waals surface area contributed by atoms with E-state index in [0.29, 0.717) is 19.1 Å². The first-order chi connectivity index (χ1) is 11.4. The van der Waals surface area contributed by atoms with Crippen LogP contribution < -0.4 is 5.32 Å². The number of benzene rings is 1. The standard InChI is InChI=1S/C19H27N3O2/c1-14-8-10-19(11-9-14)17(23)22(18(24)20-19)13-21(3)12-16-7-5-4-6-15(16)2/h4-7,14H,8-13H2,1-3H3,(H,20,24). The molecule has 3 rings (SSSR count). The van der Waals surface area contributed by atoms with Crippen LogP contribution >= 0.6 is 0 Å². The molecule has 0 atom stereocenters. The van der Waals surface area contributed by atoms with Gasteiger partial charge in [0, 0.05) is 6.54 Å². The number of amides is 3. The number of rotatable bonds is 4. The van der Waals surface area contributed by atoms with Crippen LogP contribution in [0.1, 0.15) is 43.7 Å². The number of carbonyl (C=O) groups excluding carboxylic acids is 2. The molecule has 1 aliphatic carbocycles. The third kappa shape index (κ3) is 3.18. The maximum absolute atomic E-state index is 12.9. The molecule has 3 amide bonds. The summed E-state index contributed by atoms with van der Waals surface area (Å²) in [7, 11) is 1.95. The van der Waals surface area contributed by atoms with Gasteiger partial charge in [-0.1, -0.05) is 31.2 Å². The summed E-state index contributed by atoms with van der Waals surface area (Å²) in [6.45, 7) is 5.33. The Bertz CT molecular complexity index is 635. The zero-order valence-corrected chi connectivity index (χ0v) is 14.8. The van der Waals surface area contributed by atoms with Crippen molar-refractivity contribution in [3.8, 4) is 0 Å². The van der Waals surface area contributed by atoms with E-state index in [1.54, 1.807) is 0 Å². The molecule has 24 heavy (non-hydrogen) atoms. The fourth-order valence-corrected chi connectivity index (χ4v) is 3.77. The summed E-state index contributed by atoms with van der Waals surface area (Å²) >= 11 is 0. The Balaban J connectivity index is 1.66. The average Bonchev–Trinajstić information content (AvgIpc) is 2.77. The highest BCUT2D eigenvalue weighted by Gasteiger charge is 2.52. The Morgan fingerprint density at radius 1 is 1.25 bits per heavy atom. The van der Waals surface area contributed by atoms with Gasteiger partial charge < -0.3 is 5.32 Å². The molecule has 1 saturated carbocycles. The molecule has 1 heterocycles. The van der Waals surface area contributed by atoms with Crippen LogP contribution in [0.25, 0.3) is 0 Å². The maximum Gasteiger partial charge on any atom is 0.326 e. The van der Waals surface area contributed by atoms with E-state index in [1.165, 1.54) is 16.0 Å². The molecular formula is C19H27N3O2. The first-order valence-electron chi connectivity index (χ1n) is 8.78. The van der Waals surface area contributed by atoms with Crippen molar-refractivity contribution in [2.75, 3.05) is 13.7 Å². The molecule has 1 N–H and O–H groups in total. The lowest BCUT2D eigenvalue weighted by Gasteiger charge is -2.33. The lowest BCUT2D eigenvalue weighted by atomic mass is 9.77. The zero-order chi connectivity index (χ0) is 17.3. The minimum absolute atomic E-state index is 0.0453. The zero-order valence-electron chi connectivity index (χ0n) is 14.8. The van der Waals surface area contributed by atoms with E-state index in [0.717, 1.165) is 25.7 Å². The van der Waals surface area contributed by atoms with Gasteiger partial charge in [0.2, 0.25) is 0 Å². The van der Waals surface area contributed by atoms with Gasteiger partial charge in [0.05, 0.1) is 6.67 Å². The second-order valence-corrected chi connectivity index (χ2v) is 7.51. The molecule has 2 aliphatic rings. The van der Waals surface area contributed by atoms with Gasteiger partial charge in [-0.05, 0) is 56.7 Å². The number of hydrogen-bond acceptors (Lipinski definition) is 3. The van der Waals surface area contributed by atoms with E-state index in [9.17, 15) is 9.59 Å². The smallest absolute Gasteiger partial charge is 0.323 e. The average molecular weight is 329 g/mol. The van der Waals surface area contributed by atoms with Crippen LogP contribution in [0.15, 0.2) is 24.3 Å². The predicted octanol–water partition coefficient (Wildman–Crippen LogP) is 2.89. The van der Waals surface area contributed by atoms with Crippen LogP contribution in [0.2, 0.25) is 0 Å². The van der Waals surface area contributed by atoms with Gasteiger partial charge in [-0.2, -0.15) is 0 Å². The largest absolute Gasteiger partial charge is 0.326 e. The highest BCUT2D eigenvalue weighted by molar-refractivity contribution is 6.07. The maximum atomic E-state index is 12.9. The van der Waals surface area contributed by atoms with E-state index in [2.05, 4.69) is 31.3 Å². The molecule has 0 unspecified atom stereocenters. The number of carbonyl (C=O) groups is 2. The second-order valence-electron chi connectivity index (χ2n) is 7.51. The summed E-state index contributed by atoms with van der Waals surface area (Å²) in [6, 6.07) is 7.95. The number of nitrogens with zero attached hydrogens (tertiary/aromatic N) is 2. The summed E-state index contributed by atoms with van der Waals surface area (Å²) in [6.07, 6.45) is 3.52. The molecule has 2 fully saturated rings. The van der Waals surface area contributed by atoms with Gasteiger partial charge in [-0.15, -0.1) is 0 Å². The van der Waals surface area contributed by atoms with Crippen LogP contribution in [0, 0.1) is 12.8 Å². The third-order valence-corrected chi connectivity index (χ3v) is 5.46. The minimum atomic E-state index is -0.646. The Morgan fingerprint density at radius 3 is 2.58 bits per heavy atom. The predicted molar refractivity (Wildman–Crippen MR) is 93.3 cm³/mol. The lowest BCUT2D eigenvalue weighted by Crippen LogP contribution is -2.49. The highest BCUT2D eigenvalue weighted by Crippen LogP contribution is 2.36. The molecule has 1 spiro atoms. The SMILES string of the molecule is Cc1ccccc1CN(C)CN1C(=O)NC2(CCC(C)CC2)C1=O. The van der Waals surface area contributed by atoms with Gasteiger partial charge in [0.15, 0.2) is 0 Å². The van der Waals surface area contributed by atoms with Crippen molar-refractivity contribution in [3.63, 3.8) is 0 Å². The monoisotopic (exact) mass is 329 g/mol. The highest BCUT2D eigenvalue weighted by atomic mass is 16.2. The fraction of sp³-hybridized carbons (Fsp3) is 0.579. The van der Waals surface area contributed by atoms with Crippen LogP contribution in [0.5, 0.6) is 0 Å². The van der Waals surface area contributed by atoms with Crippen molar-refractivity contribution >= 4 is 11.9 Å². The van der Waals surface area contributed by atoms with Crippen molar-refractivity contribution in [1.29, 1.82) is 0 Å². The molecule has 5 nitrogen and oxygen atoms in total. The van der Waals surface area contributed by atoms with Gasteiger partial charge in [-0.3, -0.25) is 9.69 Å². The van der Waals surface area contributed by atoms with Gasteiger partial charge >= 0.3 is 6.03 Å². The first kappa shape index (κ1) is 17.0. The number of nitrogens with one attached hydrogen (secondary N) is 1. The summed E-state index contributed by atoms with van der Waals surface area (Å²) < 4.78 is 0. The van der Waals surface area contributed by atoms with E-state index < -0.39 is 5.54 Å². The third-order valence-electron chi connectivity index (χ3n) is 5.46. The number of urea groups is 1. The minimum Gasteiger partial charge on any atom is -0.323 e. The van der Waals surface area contributed by atoms with Crippen LogP contribution in [-0.4, -0.2) is 41.0 Å². The number of imide groups is 1. The molecule has 5 heteroatoms. The van der Waals surface area contributed by atoms with Crippen molar-refractivity contribution < 1.29 is 9.59 Å². The van der Waals surface area contributed by atoms with Crippen LogP contribution in [-0.2, 0) is 11.3 Å². The number of aryl methyl sites for hydroxylation is 1. The molecule has 0 aromatic heterocycles. The van der Waals surface area contributed by atoms with Crippen molar-refractivity contribution in [2.45, 2.75) is 51.6 Å². The Labute approximate surface area is 144 Å². The fourth-order valence-electron chi connectivity index (χ4n) is 3.77. The Morgan fingerprint density at radius 2 is 1.92 bits per heavy atom. The second kappa shape index (κ2) is 6.55. The molecule has 1 aromatic carbocycles. The molecule has 0 radical (unpaired) electrons. The molecule has 1 aromatic rings. The topological polar surface area (TPSA) is 52.6 Å². The van der Waals surface area contributed by atoms with E-state index >= 15 is 0 Å². The first-order valence-corrected chi connectivity index (χ1v) is 8.78. The van der Waals surface area contributed by atoms with Crippen molar-refractivity contribution in [1.82, 2.24) is 15.1 Å². The van der Waals surface area contributed by atoms with Gasteiger partial charge in [0.25, 0.3) is 5.91 Å². The molecular weight excluding hydrogens is 302 g/mol. The summed E-state index contributed by atoms with van der Waals surface area (Å²) in [5, 5.41) is 2.98. The van der Waals surface area contributed by atoms with Crippen molar-refractivity contribution in [3.05, 3.63) is 35.4 Å². The van der Waals surface area contributed by atoms with Crippen molar-refractivity contribution in [2.24, 2.45) is 5.92 Å². The van der Waals surface area contributed by atoms with Gasteiger partial charge in [-0.25, -0.2) is 9.69 Å². The lowest BCUT2D eigenvalue weighted by molar-refractivity contribution is -0.134. The van der Waals surface area contributed by atoms with E-state index in [4.69, 9.17) is 0 Å². The van der Waals surface area contributed by atoms with E-state index in [1.807, 2.05) is 24.1 Å². The van der Waals surface area contributed by atoms with Crippen LogP contribution in [0.4, 0.5) is 4.79 Å². The quantitative estimate of drug-likeness (QED) is 0.864. The number of hydrogen-bond donors (Lipinski definition) is 1. The summed E-state index contributed by atoms with van der Waals surface area (Å²) in [5.74, 6) is 0.592. The molecule has 1 aliphatic heterocycles.